The maximum atomic E-state index is 13.6. The molecule has 0 aliphatic carbocycles. The molecule has 1 atom stereocenters. The number of rotatable bonds is 8. The smallest absolute Gasteiger partial charge is 0.324 e. The van der Waals surface area contributed by atoms with Crippen LogP contribution in [-0.2, 0) is 4.79 Å². The van der Waals surface area contributed by atoms with Crippen LogP contribution in [0.4, 0.5) is 15.8 Å². The fraction of sp³-hybridized carbons (Fsp3) is 0.280. The van der Waals surface area contributed by atoms with E-state index in [1.54, 1.807) is 12.1 Å². The quantitative estimate of drug-likeness (QED) is 0.272. The molecule has 0 bridgehead atoms. The lowest BCUT2D eigenvalue weighted by Gasteiger charge is -2.23. The van der Waals surface area contributed by atoms with Gasteiger partial charge in [0.15, 0.2) is 0 Å². The molecule has 0 spiro atoms. The standard InChI is InChI=1S/C25H26ClFN8O2/c1-25(2,3)13-31-22-15(8-28)10-30-24-17(22)6-16(7-18(24)26)32-23(14-4-5-20(27)29-9-14)19-11-35(34-33-19)12-21(36)37/h4-7,9-11,23,32-34H,12-13H2,1-3H3,(H,30,31)(H,36,37)/i23D. The van der Waals surface area contributed by atoms with Gasteiger partial charge in [0, 0.05) is 36.2 Å². The molecule has 1 aliphatic rings. The van der Waals surface area contributed by atoms with Crippen LogP contribution in [0.1, 0.15) is 39.3 Å². The first kappa shape index (κ1) is 24.5. The van der Waals surface area contributed by atoms with E-state index in [-0.39, 0.29) is 28.2 Å². The summed E-state index contributed by atoms with van der Waals surface area (Å²) in [6, 6.07) is 6.22. The summed E-state index contributed by atoms with van der Waals surface area (Å²) in [5.41, 5.74) is 7.66. The van der Waals surface area contributed by atoms with Crippen molar-refractivity contribution >= 4 is 39.8 Å². The number of pyridine rings is 2. The summed E-state index contributed by atoms with van der Waals surface area (Å²) in [7, 11) is 0. The number of nitrogens with one attached hydrogen (secondary N) is 4. The van der Waals surface area contributed by atoms with Crippen molar-refractivity contribution in [2.75, 3.05) is 23.7 Å². The molecule has 5 N–H and O–H groups in total. The summed E-state index contributed by atoms with van der Waals surface area (Å²) in [5, 5.41) is 27.4. The van der Waals surface area contributed by atoms with Crippen LogP contribution in [0.25, 0.3) is 10.9 Å². The Labute approximate surface area is 219 Å². The average Bonchev–Trinajstić information content (AvgIpc) is 3.30. The first-order valence-corrected chi connectivity index (χ1v) is 11.7. The number of aliphatic carboxylic acids is 1. The first-order chi connectivity index (χ1) is 17.9. The molecule has 0 radical (unpaired) electrons. The fourth-order valence-electron chi connectivity index (χ4n) is 3.63. The second kappa shape index (κ2) is 10.5. The van der Waals surface area contributed by atoms with Crippen LogP contribution in [0.5, 0.6) is 0 Å². The summed E-state index contributed by atoms with van der Waals surface area (Å²) < 4.78 is 23.0. The molecular weight excluding hydrogens is 499 g/mol. The van der Waals surface area contributed by atoms with Gasteiger partial charge in [0.1, 0.15) is 12.6 Å². The predicted octanol–water partition coefficient (Wildman–Crippen LogP) is 4.16. The molecule has 2 aromatic heterocycles. The molecular formula is C25H26ClFN8O2. The zero-order valence-corrected chi connectivity index (χ0v) is 21.1. The Kier molecular flexibility index (Phi) is 6.94. The third kappa shape index (κ3) is 6.17. The number of carboxylic acid groups (broad SMARTS) is 1. The minimum Gasteiger partial charge on any atom is -0.480 e. The average molecular weight is 526 g/mol. The van der Waals surface area contributed by atoms with Crippen LogP contribution < -0.4 is 21.6 Å². The number of hydrogen-bond donors (Lipinski definition) is 5. The lowest BCUT2D eigenvalue weighted by Crippen LogP contribution is -2.40. The summed E-state index contributed by atoms with van der Waals surface area (Å²) >= 11 is 6.60. The Morgan fingerprint density at radius 2 is 2.14 bits per heavy atom. The molecule has 1 aromatic carbocycles. The zero-order chi connectivity index (χ0) is 27.7. The van der Waals surface area contributed by atoms with Crippen molar-refractivity contribution in [3.63, 3.8) is 0 Å². The van der Waals surface area contributed by atoms with E-state index in [1.165, 1.54) is 29.7 Å². The monoisotopic (exact) mass is 525 g/mol. The third-order valence-electron chi connectivity index (χ3n) is 5.32. The van der Waals surface area contributed by atoms with E-state index in [4.69, 9.17) is 16.7 Å². The van der Waals surface area contributed by atoms with Gasteiger partial charge in [-0.25, -0.2) is 4.98 Å². The molecule has 0 saturated carbocycles. The maximum Gasteiger partial charge on any atom is 0.324 e. The van der Waals surface area contributed by atoms with Gasteiger partial charge in [0.25, 0.3) is 0 Å². The van der Waals surface area contributed by atoms with Crippen LogP contribution in [0.15, 0.2) is 48.6 Å². The molecule has 0 fully saturated rings. The fourth-order valence-corrected chi connectivity index (χ4v) is 3.90. The number of halogens is 2. The van der Waals surface area contributed by atoms with Crippen molar-refractivity contribution in [3.05, 3.63) is 70.7 Å². The van der Waals surface area contributed by atoms with Crippen LogP contribution >= 0.6 is 11.6 Å². The summed E-state index contributed by atoms with van der Waals surface area (Å²) in [6.45, 7) is 6.38. The highest BCUT2D eigenvalue weighted by atomic mass is 35.5. The molecule has 3 aromatic rings. The van der Waals surface area contributed by atoms with E-state index in [2.05, 4.69) is 58.4 Å². The van der Waals surface area contributed by atoms with Crippen molar-refractivity contribution in [2.24, 2.45) is 5.41 Å². The second-order valence-corrected chi connectivity index (χ2v) is 10.0. The molecule has 12 heteroatoms. The predicted molar refractivity (Wildman–Crippen MR) is 139 cm³/mol. The number of aromatic nitrogens is 2. The first-order valence-electron chi connectivity index (χ1n) is 11.8. The lowest BCUT2D eigenvalue weighted by atomic mass is 9.96. The Bertz CT molecular complexity index is 1450. The highest BCUT2D eigenvalue weighted by molar-refractivity contribution is 6.35. The number of anilines is 2. The summed E-state index contributed by atoms with van der Waals surface area (Å²) in [6.07, 6.45) is 4.10. The SMILES string of the molecule is [2H]C(Nc1cc(Cl)c2ncc(C#N)c(NCC(C)(C)C)c2c1)(C1=CN(CC(=O)O)NN1)c1ccc(F)nc1. The van der Waals surface area contributed by atoms with E-state index in [0.717, 1.165) is 6.07 Å². The third-order valence-corrected chi connectivity index (χ3v) is 5.61. The highest BCUT2D eigenvalue weighted by Gasteiger charge is 2.24. The van der Waals surface area contributed by atoms with Gasteiger partial charge in [-0.1, -0.05) is 38.4 Å². The van der Waals surface area contributed by atoms with Gasteiger partial charge in [-0.3, -0.25) is 14.8 Å². The van der Waals surface area contributed by atoms with E-state index in [1.807, 2.05) is 0 Å². The number of fused-ring (bicyclic) bond motifs is 1. The van der Waals surface area contributed by atoms with Crippen molar-refractivity contribution < 1.29 is 15.7 Å². The van der Waals surface area contributed by atoms with Gasteiger partial charge in [-0.05, 0) is 29.2 Å². The number of benzene rings is 1. The number of carbonyl (C=O) groups is 1. The normalized spacial score (nSPS) is 15.3. The number of hydrazine groups is 2. The van der Waals surface area contributed by atoms with Crippen molar-refractivity contribution in [1.82, 2.24) is 25.9 Å². The number of nitrogens with zero attached hydrogens (tertiary/aromatic N) is 4. The minimum atomic E-state index is -1.78. The second-order valence-electron chi connectivity index (χ2n) is 9.60. The van der Waals surface area contributed by atoms with Gasteiger partial charge in [0.2, 0.25) is 5.95 Å². The zero-order valence-electron chi connectivity index (χ0n) is 21.4. The van der Waals surface area contributed by atoms with Crippen LogP contribution in [0.2, 0.25) is 5.02 Å². The summed E-state index contributed by atoms with van der Waals surface area (Å²) in [5.74, 6) is -1.80. The van der Waals surface area contributed by atoms with Crippen molar-refractivity contribution in [1.29, 1.82) is 5.26 Å². The van der Waals surface area contributed by atoms with Gasteiger partial charge in [-0.15, -0.1) is 5.53 Å². The van der Waals surface area contributed by atoms with E-state index in [9.17, 15) is 15.8 Å². The van der Waals surface area contributed by atoms with Gasteiger partial charge < -0.3 is 21.2 Å². The molecule has 1 unspecified atom stereocenters. The van der Waals surface area contributed by atoms with E-state index in [0.29, 0.717) is 34.4 Å². The molecule has 0 saturated heterocycles. The Morgan fingerprint density at radius 1 is 1.35 bits per heavy atom. The van der Waals surface area contributed by atoms with E-state index < -0.39 is 17.9 Å². The topological polar surface area (TPSA) is 138 Å². The Hall–Kier alpha value is -4.14. The van der Waals surface area contributed by atoms with Crippen LogP contribution in [-0.4, -0.2) is 39.1 Å². The van der Waals surface area contributed by atoms with E-state index >= 15 is 0 Å². The molecule has 192 valence electrons. The van der Waals surface area contributed by atoms with Gasteiger partial charge in [0.05, 0.1) is 34.9 Å². The van der Waals surface area contributed by atoms with Crippen LogP contribution in [0.3, 0.4) is 0 Å². The minimum absolute atomic E-state index is 0.0800. The molecule has 37 heavy (non-hydrogen) atoms. The number of carboxylic acids is 1. The lowest BCUT2D eigenvalue weighted by molar-refractivity contribution is -0.138. The molecule has 10 nitrogen and oxygen atoms in total. The van der Waals surface area contributed by atoms with Crippen molar-refractivity contribution in [3.8, 4) is 6.07 Å². The molecule has 4 rings (SSSR count). The highest BCUT2D eigenvalue weighted by Crippen LogP contribution is 2.36. The molecule has 3 heterocycles. The molecule has 0 amide bonds. The maximum absolute atomic E-state index is 13.6. The van der Waals surface area contributed by atoms with Crippen molar-refractivity contribution in [2.45, 2.75) is 26.8 Å². The summed E-state index contributed by atoms with van der Waals surface area (Å²) in [4.78, 5) is 19.2. The molecule has 1 aliphatic heterocycles. The number of hydrogen-bond acceptors (Lipinski definition) is 9. The van der Waals surface area contributed by atoms with Gasteiger partial charge >= 0.3 is 5.97 Å². The van der Waals surface area contributed by atoms with Crippen LogP contribution in [0, 0.1) is 22.7 Å². The Balaban J connectivity index is 1.82. The largest absolute Gasteiger partial charge is 0.480 e. The Morgan fingerprint density at radius 3 is 2.78 bits per heavy atom. The van der Waals surface area contributed by atoms with Gasteiger partial charge in [-0.2, -0.15) is 9.65 Å². The number of nitriles is 1.